The smallest absolute Gasteiger partial charge is 0.243 e. The monoisotopic (exact) mass is 361 g/mol. The molecule has 0 aliphatic carbocycles. The molecule has 0 bridgehead atoms. The zero-order chi connectivity index (χ0) is 16.3. The Balaban J connectivity index is 0.00000264. The normalized spacial score (nSPS) is 13.8. The summed E-state index contributed by atoms with van der Waals surface area (Å²) in [6, 6.07) is 5.04. The highest BCUT2D eigenvalue weighted by Crippen LogP contribution is 2.31. The van der Waals surface area contributed by atoms with Crippen LogP contribution in [-0.4, -0.2) is 51.9 Å². The Hall–Kier alpha value is -1.15. The number of rotatable bonds is 6. The molecule has 1 amide bonds. The number of carbonyl (C=O) groups is 1. The van der Waals surface area contributed by atoms with Crippen molar-refractivity contribution in [2.24, 2.45) is 0 Å². The molecule has 0 saturated carbocycles. The van der Waals surface area contributed by atoms with E-state index in [9.17, 15) is 13.2 Å². The van der Waals surface area contributed by atoms with Gasteiger partial charge in [0, 0.05) is 25.3 Å². The number of benzene rings is 1. The minimum atomic E-state index is -3.45. The molecule has 1 N–H and O–H groups in total. The molecule has 1 aromatic carbocycles. The van der Waals surface area contributed by atoms with Crippen LogP contribution in [0.5, 0.6) is 0 Å². The van der Waals surface area contributed by atoms with Gasteiger partial charge in [0.05, 0.1) is 11.4 Å². The van der Waals surface area contributed by atoms with Crippen LogP contribution in [0.3, 0.4) is 0 Å². The van der Waals surface area contributed by atoms with Crippen LogP contribution < -0.4 is 10.2 Å². The minimum Gasteiger partial charge on any atom is -0.311 e. The van der Waals surface area contributed by atoms with Gasteiger partial charge in [0.1, 0.15) is 0 Å². The van der Waals surface area contributed by atoms with E-state index in [0.717, 1.165) is 11.3 Å². The second-order valence-corrected chi connectivity index (χ2v) is 7.14. The lowest BCUT2D eigenvalue weighted by molar-refractivity contribution is -0.117. The topological polar surface area (TPSA) is 69.7 Å². The predicted molar refractivity (Wildman–Crippen MR) is 93.8 cm³/mol. The average Bonchev–Trinajstić information content (AvgIpc) is 2.91. The second-order valence-electron chi connectivity index (χ2n) is 5.21. The minimum absolute atomic E-state index is 0. The first-order chi connectivity index (χ1) is 10.5. The molecular weight excluding hydrogens is 338 g/mol. The molecule has 1 aromatic rings. The quantitative estimate of drug-likeness (QED) is 0.827. The highest BCUT2D eigenvalue weighted by Gasteiger charge is 2.27. The van der Waals surface area contributed by atoms with Crippen molar-refractivity contribution >= 4 is 34.0 Å². The number of amides is 1. The molecule has 8 heteroatoms. The zero-order valence-electron chi connectivity index (χ0n) is 13.7. The zero-order valence-corrected chi connectivity index (χ0v) is 15.3. The van der Waals surface area contributed by atoms with Crippen LogP contribution in [-0.2, 0) is 21.2 Å². The SMILES string of the molecule is CCN(CC)S(=O)(=O)c1ccc2c(c1)CCN2C(=O)CNC.Cl. The van der Waals surface area contributed by atoms with Crippen molar-refractivity contribution in [3.8, 4) is 0 Å². The number of anilines is 1. The lowest BCUT2D eigenvalue weighted by atomic mass is 10.2. The summed E-state index contributed by atoms with van der Waals surface area (Å²) < 4.78 is 26.5. The van der Waals surface area contributed by atoms with Crippen LogP contribution in [0.4, 0.5) is 5.69 Å². The van der Waals surface area contributed by atoms with E-state index in [2.05, 4.69) is 5.32 Å². The molecule has 0 saturated heterocycles. The van der Waals surface area contributed by atoms with Crippen molar-refractivity contribution < 1.29 is 13.2 Å². The van der Waals surface area contributed by atoms with Crippen LogP contribution in [0.2, 0.25) is 0 Å². The van der Waals surface area contributed by atoms with Gasteiger partial charge in [0.15, 0.2) is 0 Å². The van der Waals surface area contributed by atoms with Gasteiger partial charge in [0.25, 0.3) is 0 Å². The molecule has 0 radical (unpaired) electrons. The summed E-state index contributed by atoms with van der Waals surface area (Å²) in [5, 5.41) is 2.85. The van der Waals surface area contributed by atoms with Gasteiger partial charge in [-0.1, -0.05) is 13.8 Å². The summed E-state index contributed by atoms with van der Waals surface area (Å²) in [4.78, 5) is 14.0. The molecule has 2 rings (SSSR count). The van der Waals surface area contributed by atoms with E-state index in [-0.39, 0.29) is 24.9 Å². The number of nitrogens with one attached hydrogen (secondary N) is 1. The molecule has 0 fully saturated rings. The Kier molecular flexibility index (Phi) is 7.01. The number of carbonyl (C=O) groups excluding carboxylic acids is 1. The molecule has 23 heavy (non-hydrogen) atoms. The van der Waals surface area contributed by atoms with Gasteiger partial charge in [-0.2, -0.15) is 4.31 Å². The first-order valence-electron chi connectivity index (χ1n) is 7.53. The van der Waals surface area contributed by atoms with Gasteiger partial charge in [-0.3, -0.25) is 4.79 Å². The molecule has 1 aliphatic rings. The molecule has 0 aromatic heterocycles. The van der Waals surface area contributed by atoms with Crippen molar-refractivity contribution in [1.29, 1.82) is 0 Å². The summed E-state index contributed by atoms with van der Waals surface area (Å²) in [6.07, 6.45) is 0.687. The number of hydrogen-bond donors (Lipinski definition) is 1. The van der Waals surface area contributed by atoms with E-state index in [0.29, 0.717) is 31.0 Å². The van der Waals surface area contributed by atoms with Gasteiger partial charge < -0.3 is 10.2 Å². The van der Waals surface area contributed by atoms with Crippen molar-refractivity contribution in [2.45, 2.75) is 25.2 Å². The fraction of sp³-hybridized carbons (Fsp3) is 0.533. The van der Waals surface area contributed by atoms with E-state index in [4.69, 9.17) is 0 Å². The van der Waals surface area contributed by atoms with E-state index < -0.39 is 10.0 Å². The Morgan fingerprint density at radius 1 is 1.30 bits per heavy atom. The fourth-order valence-corrected chi connectivity index (χ4v) is 4.27. The summed E-state index contributed by atoms with van der Waals surface area (Å²) in [6.45, 7) is 5.42. The van der Waals surface area contributed by atoms with Crippen LogP contribution in [0.1, 0.15) is 19.4 Å². The van der Waals surface area contributed by atoms with Gasteiger partial charge in [0.2, 0.25) is 15.9 Å². The largest absolute Gasteiger partial charge is 0.311 e. The summed E-state index contributed by atoms with van der Waals surface area (Å²) in [7, 11) is -1.72. The van der Waals surface area contributed by atoms with E-state index in [1.54, 1.807) is 30.1 Å². The third-order valence-electron chi connectivity index (χ3n) is 3.92. The molecule has 1 heterocycles. The molecule has 130 valence electrons. The van der Waals surface area contributed by atoms with Crippen molar-refractivity contribution in [3.05, 3.63) is 23.8 Å². The first kappa shape index (κ1) is 19.9. The fourth-order valence-electron chi connectivity index (χ4n) is 2.76. The van der Waals surface area contributed by atoms with Gasteiger partial charge in [-0.15, -0.1) is 12.4 Å². The Morgan fingerprint density at radius 3 is 2.52 bits per heavy atom. The lowest BCUT2D eigenvalue weighted by Gasteiger charge is -2.20. The number of hydrogen-bond acceptors (Lipinski definition) is 4. The van der Waals surface area contributed by atoms with Gasteiger partial charge >= 0.3 is 0 Å². The molecule has 0 unspecified atom stereocenters. The highest BCUT2D eigenvalue weighted by atomic mass is 35.5. The Bertz CT molecular complexity index is 660. The number of sulfonamides is 1. The average molecular weight is 362 g/mol. The maximum atomic E-state index is 12.5. The second kappa shape index (κ2) is 8.10. The van der Waals surface area contributed by atoms with E-state index >= 15 is 0 Å². The Labute approximate surface area is 144 Å². The third kappa shape index (κ3) is 3.85. The maximum absolute atomic E-state index is 12.5. The maximum Gasteiger partial charge on any atom is 0.243 e. The highest BCUT2D eigenvalue weighted by molar-refractivity contribution is 7.89. The first-order valence-corrected chi connectivity index (χ1v) is 8.97. The molecule has 1 aliphatic heterocycles. The lowest BCUT2D eigenvalue weighted by Crippen LogP contribution is -2.35. The number of likely N-dealkylation sites (N-methyl/N-ethyl adjacent to an activating group) is 1. The predicted octanol–water partition coefficient (Wildman–Crippen LogP) is 1.25. The number of halogens is 1. The van der Waals surface area contributed by atoms with Crippen molar-refractivity contribution in [1.82, 2.24) is 9.62 Å². The van der Waals surface area contributed by atoms with Crippen LogP contribution in [0.25, 0.3) is 0 Å². The van der Waals surface area contributed by atoms with E-state index in [1.165, 1.54) is 4.31 Å². The molecule has 6 nitrogen and oxygen atoms in total. The molecular formula is C15H24ClN3O3S. The van der Waals surface area contributed by atoms with Crippen molar-refractivity contribution in [3.63, 3.8) is 0 Å². The molecule has 0 atom stereocenters. The number of fused-ring (bicyclic) bond motifs is 1. The van der Waals surface area contributed by atoms with E-state index in [1.807, 2.05) is 13.8 Å². The van der Waals surface area contributed by atoms with Crippen LogP contribution >= 0.6 is 12.4 Å². The summed E-state index contributed by atoms with van der Waals surface area (Å²) in [5.41, 5.74) is 1.73. The number of nitrogens with zero attached hydrogens (tertiary/aromatic N) is 2. The Morgan fingerprint density at radius 2 is 1.96 bits per heavy atom. The van der Waals surface area contributed by atoms with Gasteiger partial charge in [-0.05, 0) is 37.2 Å². The van der Waals surface area contributed by atoms with Crippen LogP contribution in [0.15, 0.2) is 23.1 Å². The molecule has 0 spiro atoms. The van der Waals surface area contributed by atoms with Crippen LogP contribution in [0, 0.1) is 0 Å². The standard InChI is InChI=1S/C15H23N3O3S.ClH/c1-4-17(5-2)22(20,21)13-6-7-14-12(10-13)8-9-18(14)15(19)11-16-3;/h6-7,10,16H,4-5,8-9,11H2,1-3H3;1H. The van der Waals surface area contributed by atoms with Gasteiger partial charge in [-0.25, -0.2) is 8.42 Å². The summed E-state index contributed by atoms with van der Waals surface area (Å²) >= 11 is 0. The van der Waals surface area contributed by atoms with Crippen molar-refractivity contribution in [2.75, 3.05) is 38.1 Å². The summed E-state index contributed by atoms with van der Waals surface area (Å²) in [5.74, 6) is 0.000556. The third-order valence-corrected chi connectivity index (χ3v) is 5.96.